The van der Waals surface area contributed by atoms with Gasteiger partial charge in [0.25, 0.3) is 5.89 Å². The highest BCUT2D eigenvalue weighted by Gasteiger charge is 2.20. The number of halogens is 1. The quantitative estimate of drug-likeness (QED) is 0.675. The summed E-state index contributed by atoms with van der Waals surface area (Å²) in [5, 5.41) is 4.20. The van der Waals surface area contributed by atoms with Gasteiger partial charge in [-0.3, -0.25) is 0 Å². The first-order valence-corrected chi connectivity index (χ1v) is 9.39. The van der Waals surface area contributed by atoms with Crippen LogP contribution in [0.15, 0.2) is 51.5 Å². The highest BCUT2D eigenvalue weighted by atomic mass is 79.9. The Morgan fingerprint density at radius 1 is 1.20 bits per heavy atom. The van der Waals surface area contributed by atoms with E-state index >= 15 is 0 Å². The van der Waals surface area contributed by atoms with Crippen LogP contribution in [0.25, 0.3) is 11.5 Å². The maximum absolute atomic E-state index is 6.20. The number of nitrogens with zero attached hydrogens (tertiary/aromatic N) is 2. The van der Waals surface area contributed by atoms with Crippen LogP contribution in [0.5, 0.6) is 0 Å². The Kier molecular flexibility index (Phi) is 4.44. The summed E-state index contributed by atoms with van der Waals surface area (Å²) in [6.07, 6.45) is 3.25. The molecular weight excluding hydrogens is 378 g/mol. The molecule has 0 radical (unpaired) electrons. The van der Waals surface area contributed by atoms with Crippen LogP contribution in [0.2, 0.25) is 0 Å². The molecule has 1 aliphatic rings. The van der Waals surface area contributed by atoms with Gasteiger partial charge in [0, 0.05) is 22.0 Å². The first kappa shape index (κ1) is 16.5. The van der Waals surface area contributed by atoms with E-state index in [1.807, 2.05) is 18.2 Å². The number of benzene rings is 2. The second-order valence-electron chi connectivity index (χ2n) is 6.64. The molecule has 4 nitrogen and oxygen atoms in total. The fourth-order valence-electron chi connectivity index (χ4n) is 3.41. The third-order valence-corrected chi connectivity index (χ3v) is 5.48. The molecule has 2 aromatic carbocycles. The van der Waals surface area contributed by atoms with Crippen molar-refractivity contribution in [2.45, 2.75) is 38.1 Å². The van der Waals surface area contributed by atoms with Crippen LogP contribution in [0, 0.1) is 0 Å². The van der Waals surface area contributed by atoms with Gasteiger partial charge in [0.2, 0.25) is 0 Å². The molecule has 0 bridgehead atoms. The second-order valence-corrected chi connectivity index (χ2v) is 7.56. The van der Waals surface area contributed by atoms with E-state index in [0.717, 1.165) is 34.9 Å². The molecule has 0 aliphatic heterocycles. The summed E-state index contributed by atoms with van der Waals surface area (Å²) in [5.74, 6) is 1.35. The number of fused-ring (bicyclic) bond motifs is 1. The molecule has 0 spiro atoms. The number of nitrogens with two attached hydrogens (primary N) is 1. The van der Waals surface area contributed by atoms with Crippen molar-refractivity contribution >= 4 is 15.9 Å². The Hall–Kier alpha value is -1.98. The van der Waals surface area contributed by atoms with Gasteiger partial charge in [0.15, 0.2) is 5.82 Å². The van der Waals surface area contributed by atoms with Gasteiger partial charge in [-0.05, 0) is 60.2 Å². The van der Waals surface area contributed by atoms with Crippen LogP contribution in [0.4, 0.5) is 0 Å². The molecule has 1 aliphatic carbocycles. The van der Waals surface area contributed by atoms with Crippen molar-refractivity contribution in [1.82, 2.24) is 10.1 Å². The Bertz CT molecular complexity index is 888. The molecule has 0 fully saturated rings. The van der Waals surface area contributed by atoms with Crippen molar-refractivity contribution in [2.75, 3.05) is 0 Å². The lowest BCUT2D eigenvalue weighted by atomic mass is 9.87. The van der Waals surface area contributed by atoms with Crippen molar-refractivity contribution in [3.8, 4) is 11.5 Å². The van der Waals surface area contributed by atoms with E-state index in [2.05, 4.69) is 57.3 Å². The topological polar surface area (TPSA) is 64.9 Å². The summed E-state index contributed by atoms with van der Waals surface area (Å²) < 4.78 is 6.59. The lowest BCUT2D eigenvalue weighted by Gasteiger charge is -2.22. The molecule has 4 rings (SSSR count). The minimum atomic E-state index is 0.0802. The van der Waals surface area contributed by atoms with Gasteiger partial charge in [-0.1, -0.05) is 46.2 Å². The van der Waals surface area contributed by atoms with E-state index in [1.165, 1.54) is 11.1 Å². The molecule has 5 heteroatoms. The summed E-state index contributed by atoms with van der Waals surface area (Å²) in [5.41, 5.74) is 10.9. The molecule has 25 heavy (non-hydrogen) atoms. The molecule has 2 atom stereocenters. The van der Waals surface area contributed by atoms with Crippen LogP contribution >= 0.6 is 15.9 Å². The van der Waals surface area contributed by atoms with E-state index in [1.54, 1.807) is 0 Å². The van der Waals surface area contributed by atoms with Crippen LogP contribution in [-0.4, -0.2) is 10.1 Å². The maximum Gasteiger partial charge on any atom is 0.257 e. The molecule has 3 aromatic rings. The largest absolute Gasteiger partial charge is 0.334 e. The Balaban J connectivity index is 1.62. The fourth-order valence-corrected chi connectivity index (χ4v) is 3.68. The van der Waals surface area contributed by atoms with Gasteiger partial charge in [0.05, 0.1) is 0 Å². The number of hydrogen-bond donors (Lipinski definition) is 1. The van der Waals surface area contributed by atoms with Gasteiger partial charge in [-0.2, -0.15) is 4.98 Å². The molecular formula is C20H20BrN3O. The van der Waals surface area contributed by atoms with Crippen molar-refractivity contribution in [3.05, 3.63) is 69.5 Å². The number of hydrogen-bond acceptors (Lipinski definition) is 4. The van der Waals surface area contributed by atoms with Gasteiger partial charge in [-0.25, -0.2) is 0 Å². The van der Waals surface area contributed by atoms with Crippen LogP contribution in [0.3, 0.4) is 0 Å². The summed E-state index contributed by atoms with van der Waals surface area (Å²) in [6, 6.07) is 14.6. The van der Waals surface area contributed by atoms with Gasteiger partial charge in [-0.15, -0.1) is 0 Å². The second kappa shape index (κ2) is 6.73. The number of rotatable bonds is 3. The van der Waals surface area contributed by atoms with Crippen molar-refractivity contribution < 1.29 is 4.52 Å². The number of aryl methyl sites for hydroxylation is 1. The minimum absolute atomic E-state index is 0.0802. The molecule has 1 heterocycles. The lowest BCUT2D eigenvalue weighted by molar-refractivity contribution is 0.420. The predicted octanol–water partition coefficient (Wildman–Crippen LogP) is 4.99. The fraction of sp³-hybridized carbons (Fsp3) is 0.300. The molecule has 1 aromatic heterocycles. The van der Waals surface area contributed by atoms with Crippen molar-refractivity contribution in [3.63, 3.8) is 0 Å². The minimum Gasteiger partial charge on any atom is -0.334 e. The predicted molar refractivity (Wildman–Crippen MR) is 101 cm³/mol. The van der Waals surface area contributed by atoms with Crippen molar-refractivity contribution in [1.29, 1.82) is 0 Å². The summed E-state index contributed by atoms with van der Waals surface area (Å²) >= 11 is 3.46. The van der Waals surface area contributed by atoms with E-state index in [4.69, 9.17) is 10.3 Å². The van der Waals surface area contributed by atoms with E-state index in [0.29, 0.717) is 11.7 Å². The zero-order valence-corrected chi connectivity index (χ0v) is 15.7. The van der Waals surface area contributed by atoms with Crippen LogP contribution in [0.1, 0.15) is 54.2 Å². The molecule has 0 saturated heterocycles. The van der Waals surface area contributed by atoms with Gasteiger partial charge >= 0.3 is 0 Å². The first-order valence-electron chi connectivity index (χ1n) is 8.59. The highest BCUT2D eigenvalue weighted by Crippen LogP contribution is 2.32. The maximum atomic E-state index is 6.20. The smallest absolute Gasteiger partial charge is 0.257 e. The number of aromatic nitrogens is 2. The molecule has 2 unspecified atom stereocenters. The van der Waals surface area contributed by atoms with Crippen LogP contribution < -0.4 is 5.73 Å². The third-order valence-electron chi connectivity index (χ3n) is 4.95. The standard InChI is InChI=1S/C20H20BrN3O/c1-12(13-5-8-16(21)9-6-13)19-23-20(25-24-19)15-7-10-17-14(11-15)3-2-4-18(17)22/h5-12,18H,2-4,22H2,1H3. The average Bonchev–Trinajstić information content (AvgIpc) is 3.12. The first-order chi connectivity index (χ1) is 12.1. The summed E-state index contributed by atoms with van der Waals surface area (Å²) in [6.45, 7) is 2.09. The van der Waals surface area contributed by atoms with E-state index in [-0.39, 0.29) is 12.0 Å². The molecule has 0 saturated carbocycles. The molecule has 0 amide bonds. The van der Waals surface area contributed by atoms with Crippen molar-refractivity contribution in [2.24, 2.45) is 5.73 Å². The Morgan fingerprint density at radius 3 is 2.80 bits per heavy atom. The van der Waals surface area contributed by atoms with E-state index in [9.17, 15) is 0 Å². The summed E-state index contributed by atoms with van der Waals surface area (Å²) in [7, 11) is 0. The molecule has 128 valence electrons. The zero-order valence-electron chi connectivity index (χ0n) is 14.1. The Morgan fingerprint density at radius 2 is 2.00 bits per heavy atom. The van der Waals surface area contributed by atoms with Crippen LogP contribution in [-0.2, 0) is 6.42 Å². The average molecular weight is 398 g/mol. The normalized spacial score (nSPS) is 18.0. The van der Waals surface area contributed by atoms with E-state index < -0.39 is 0 Å². The zero-order chi connectivity index (χ0) is 17.4. The SMILES string of the molecule is CC(c1ccc(Br)cc1)c1noc(-c2ccc3c(c2)CCCC3N)n1. The third kappa shape index (κ3) is 3.26. The summed E-state index contributed by atoms with van der Waals surface area (Å²) in [4.78, 5) is 4.63. The van der Waals surface area contributed by atoms with Gasteiger partial charge in [0.1, 0.15) is 0 Å². The molecule has 2 N–H and O–H groups in total. The van der Waals surface area contributed by atoms with Gasteiger partial charge < -0.3 is 10.3 Å². The lowest BCUT2D eigenvalue weighted by Crippen LogP contribution is -2.17. The monoisotopic (exact) mass is 397 g/mol. The highest BCUT2D eigenvalue weighted by molar-refractivity contribution is 9.10. The Labute approximate surface area is 155 Å².